The second kappa shape index (κ2) is 6.95. The van der Waals surface area contributed by atoms with Gasteiger partial charge in [-0.25, -0.2) is 4.68 Å². The van der Waals surface area contributed by atoms with Crippen molar-refractivity contribution in [2.45, 2.75) is 25.8 Å². The molecule has 0 aliphatic heterocycles. The van der Waals surface area contributed by atoms with Crippen LogP contribution in [0.1, 0.15) is 24.4 Å². The first-order valence-electron chi connectivity index (χ1n) is 8.57. The number of carbonyl (C=O) groups is 1. The van der Waals surface area contributed by atoms with Crippen LogP contribution in [0.15, 0.2) is 48.5 Å². The number of nitrogens with zero attached hydrogens (tertiary/aromatic N) is 4. The van der Waals surface area contributed by atoms with Crippen molar-refractivity contribution in [3.05, 3.63) is 54.1 Å². The van der Waals surface area contributed by atoms with E-state index in [-0.39, 0.29) is 12.5 Å². The van der Waals surface area contributed by atoms with Crippen molar-refractivity contribution in [1.29, 1.82) is 0 Å². The lowest BCUT2D eigenvalue weighted by molar-refractivity contribution is -0.118. The van der Waals surface area contributed by atoms with Crippen molar-refractivity contribution in [1.82, 2.24) is 20.2 Å². The maximum absolute atomic E-state index is 12.2. The van der Waals surface area contributed by atoms with Crippen LogP contribution in [0.25, 0.3) is 11.4 Å². The molecule has 1 fully saturated rings. The molecule has 7 heteroatoms. The fourth-order valence-corrected chi connectivity index (χ4v) is 2.67. The Bertz CT molecular complexity index is 916. The number of aromatic nitrogens is 4. The highest BCUT2D eigenvalue weighted by Crippen LogP contribution is 2.36. The molecule has 2 aromatic carbocycles. The minimum Gasteiger partial charge on any atom is -0.484 e. The van der Waals surface area contributed by atoms with Gasteiger partial charge in [0.15, 0.2) is 12.4 Å². The van der Waals surface area contributed by atoms with E-state index in [1.807, 2.05) is 60.1 Å². The smallest absolute Gasteiger partial charge is 0.262 e. The summed E-state index contributed by atoms with van der Waals surface area (Å²) in [5.74, 6) is 1.17. The molecule has 7 nitrogen and oxygen atoms in total. The Morgan fingerprint density at radius 3 is 2.81 bits per heavy atom. The van der Waals surface area contributed by atoms with Crippen LogP contribution in [0.3, 0.4) is 0 Å². The van der Waals surface area contributed by atoms with E-state index in [9.17, 15) is 4.79 Å². The van der Waals surface area contributed by atoms with E-state index in [4.69, 9.17) is 4.74 Å². The Hall–Kier alpha value is -3.22. The molecule has 0 radical (unpaired) electrons. The summed E-state index contributed by atoms with van der Waals surface area (Å²) in [6, 6.07) is 15.5. The van der Waals surface area contributed by atoms with Crippen molar-refractivity contribution >= 4 is 11.6 Å². The van der Waals surface area contributed by atoms with Gasteiger partial charge in [0.2, 0.25) is 0 Å². The highest BCUT2D eigenvalue weighted by atomic mass is 16.5. The van der Waals surface area contributed by atoms with Crippen LogP contribution in [0.2, 0.25) is 0 Å². The van der Waals surface area contributed by atoms with Gasteiger partial charge in [-0.05, 0) is 54.5 Å². The summed E-state index contributed by atoms with van der Waals surface area (Å²) in [6.45, 7) is 1.95. The van der Waals surface area contributed by atoms with Gasteiger partial charge in [0.05, 0.1) is 6.04 Å². The molecule has 4 rings (SSSR count). The first-order chi connectivity index (χ1) is 12.7. The number of anilines is 1. The van der Waals surface area contributed by atoms with Crippen LogP contribution >= 0.6 is 0 Å². The Kier molecular flexibility index (Phi) is 4.35. The molecule has 26 heavy (non-hydrogen) atoms. The van der Waals surface area contributed by atoms with Crippen LogP contribution in [0, 0.1) is 6.92 Å². The zero-order chi connectivity index (χ0) is 17.9. The summed E-state index contributed by atoms with van der Waals surface area (Å²) in [6.07, 6.45) is 2.20. The summed E-state index contributed by atoms with van der Waals surface area (Å²) in [4.78, 5) is 12.2. The molecule has 1 aliphatic carbocycles. The topological polar surface area (TPSA) is 81.9 Å². The minimum absolute atomic E-state index is 0.0485. The lowest BCUT2D eigenvalue weighted by atomic mass is 10.2. The predicted octanol–water partition coefficient (Wildman–Crippen LogP) is 3.00. The number of amides is 1. The van der Waals surface area contributed by atoms with Crippen LogP contribution in [0.5, 0.6) is 5.75 Å². The van der Waals surface area contributed by atoms with Crippen molar-refractivity contribution in [2.24, 2.45) is 0 Å². The average molecular weight is 349 g/mol. The first kappa shape index (κ1) is 16.3. The van der Waals surface area contributed by atoms with Gasteiger partial charge in [-0.15, -0.1) is 5.10 Å². The number of rotatable bonds is 6. The molecule has 132 valence electrons. The molecule has 1 saturated carbocycles. The van der Waals surface area contributed by atoms with Crippen LogP contribution in [-0.2, 0) is 4.79 Å². The van der Waals surface area contributed by atoms with E-state index in [1.165, 1.54) is 0 Å². The second-order valence-corrected chi connectivity index (χ2v) is 6.41. The van der Waals surface area contributed by atoms with E-state index >= 15 is 0 Å². The van der Waals surface area contributed by atoms with Crippen LogP contribution in [-0.4, -0.2) is 32.7 Å². The molecular formula is C19H19N5O2. The summed E-state index contributed by atoms with van der Waals surface area (Å²) >= 11 is 0. The second-order valence-electron chi connectivity index (χ2n) is 6.41. The monoisotopic (exact) mass is 349 g/mol. The Balaban J connectivity index is 1.41. The van der Waals surface area contributed by atoms with Gasteiger partial charge in [-0.1, -0.05) is 29.8 Å². The normalized spacial score (nSPS) is 13.4. The lowest BCUT2D eigenvalue weighted by Crippen LogP contribution is -2.20. The van der Waals surface area contributed by atoms with Gasteiger partial charge in [0.25, 0.3) is 5.91 Å². The number of benzene rings is 2. The molecule has 0 unspecified atom stereocenters. The van der Waals surface area contributed by atoms with E-state index in [1.54, 1.807) is 0 Å². The van der Waals surface area contributed by atoms with Gasteiger partial charge < -0.3 is 10.1 Å². The van der Waals surface area contributed by atoms with Crippen molar-refractivity contribution in [3.63, 3.8) is 0 Å². The van der Waals surface area contributed by atoms with Crippen LogP contribution in [0.4, 0.5) is 5.69 Å². The number of ether oxygens (including phenoxy) is 1. The van der Waals surface area contributed by atoms with Crippen LogP contribution < -0.4 is 10.1 Å². The molecule has 1 heterocycles. The number of carbonyl (C=O) groups excluding carboxylic acids is 1. The molecule has 1 N–H and O–H groups in total. The standard InChI is InChI=1S/C19H19N5O2/c1-13-5-9-17(10-6-13)26-12-18(25)20-15-4-2-3-14(11-15)19-21-22-23-24(19)16-7-8-16/h2-6,9-11,16H,7-8,12H2,1H3,(H,20,25). The number of hydrogen-bond acceptors (Lipinski definition) is 5. The van der Waals surface area contributed by atoms with Crippen molar-refractivity contribution in [3.8, 4) is 17.1 Å². The maximum Gasteiger partial charge on any atom is 0.262 e. The van der Waals surface area contributed by atoms with E-state index < -0.39 is 0 Å². The molecule has 1 aromatic heterocycles. The quantitative estimate of drug-likeness (QED) is 0.740. The molecule has 1 amide bonds. The van der Waals surface area contributed by atoms with E-state index in [0.29, 0.717) is 17.5 Å². The predicted molar refractivity (Wildman–Crippen MR) is 96.8 cm³/mol. The van der Waals surface area contributed by atoms with Gasteiger partial charge >= 0.3 is 0 Å². The highest BCUT2D eigenvalue weighted by molar-refractivity contribution is 5.92. The molecule has 0 bridgehead atoms. The third-order valence-electron chi connectivity index (χ3n) is 4.18. The van der Waals surface area contributed by atoms with Gasteiger partial charge in [-0.2, -0.15) is 0 Å². The fourth-order valence-electron chi connectivity index (χ4n) is 2.67. The molecule has 0 spiro atoms. The van der Waals surface area contributed by atoms with Crippen molar-refractivity contribution < 1.29 is 9.53 Å². The SMILES string of the molecule is Cc1ccc(OCC(=O)Nc2cccc(-c3nnnn3C3CC3)c2)cc1. The third kappa shape index (κ3) is 3.72. The Labute approximate surface area is 151 Å². The fraction of sp³-hybridized carbons (Fsp3) is 0.263. The van der Waals surface area contributed by atoms with Gasteiger partial charge in [0.1, 0.15) is 5.75 Å². The zero-order valence-electron chi connectivity index (χ0n) is 14.4. The minimum atomic E-state index is -0.218. The third-order valence-corrected chi connectivity index (χ3v) is 4.18. The summed E-state index contributed by atoms with van der Waals surface area (Å²) in [5, 5.41) is 14.8. The van der Waals surface area contributed by atoms with E-state index in [0.717, 1.165) is 29.8 Å². The highest BCUT2D eigenvalue weighted by Gasteiger charge is 2.28. The number of tetrazole rings is 1. The molecule has 0 atom stereocenters. The first-order valence-corrected chi connectivity index (χ1v) is 8.57. The number of aryl methyl sites for hydroxylation is 1. The largest absolute Gasteiger partial charge is 0.484 e. The number of hydrogen-bond donors (Lipinski definition) is 1. The summed E-state index contributed by atoms with van der Waals surface area (Å²) in [5.41, 5.74) is 2.71. The lowest BCUT2D eigenvalue weighted by Gasteiger charge is -2.09. The van der Waals surface area contributed by atoms with E-state index in [2.05, 4.69) is 20.8 Å². The molecule has 0 saturated heterocycles. The molecule has 1 aliphatic rings. The Morgan fingerprint density at radius 2 is 2.04 bits per heavy atom. The number of nitrogens with one attached hydrogen (secondary N) is 1. The summed E-state index contributed by atoms with van der Waals surface area (Å²) in [7, 11) is 0. The Morgan fingerprint density at radius 1 is 1.23 bits per heavy atom. The molecule has 3 aromatic rings. The van der Waals surface area contributed by atoms with Crippen molar-refractivity contribution in [2.75, 3.05) is 11.9 Å². The van der Waals surface area contributed by atoms with Gasteiger partial charge in [0, 0.05) is 11.3 Å². The maximum atomic E-state index is 12.2. The molecular weight excluding hydrogens is 330 g/mol. The zero-order valence-corrected chi connectivity index (χ0v) is 14.4. The summed E-state index contributed by atoms with van der Waals surface area (Å²) < 4.78 is 7.36. The average Bonchev–Trinajstić information content (AvgIpc) is 3.38. The van der Waals surface area contributed by atoms with Gasteiger partial charge in [-0.3, -0.25) is 4.79 Å².